The van der Waals surface area contributed by atoms with Crippen molar-refractivity contribution in [2.24, 2.45) is 5.73 Å². The Kier molecular flexibility index (Phi) is 5.57. The van der Waals surface area contributed by atoms with Gasteiger partial charge in [0.25, 0.3) is 0 Å². The van der Waals surface area contributed by atoms with Crippen molar-refractivity contribution in [2.75, 3.05) is 13.6 Å². The van der Waals surface area contributed by atoms with Crippen LogP contribution in [0.1, 0.15) is 16.5 Å². The monoisotopic (exact) mass is 376 g/mol. The minimum absolute atomic E-state index is 0.0380. The second-order valence-corrected chi connectivity index (χ2v) is 6.88. The normalized spacial score (nSPS) is 12.9. The molecule has 1 aromatic heterocycles. The molecule has 0 radical (unpaired) electrons. The summed E-state index contributed by atoms with van der Waals surface area (Å²) in [6.07, 6.45) is 0. The maximum Gasteiger partial charge on any atom is 0.124 e. The summed E-state index contributed by atoms with van der Waals surface area (Å²) in [5.74, 6) is -0.334. The highest BCUT2D eigenvalue weighted by Crippen LogP contribution is 2.29. The predicted molar refractivity (Wildman–Crippen MR) is 86.7 cm³/mol. The zero-order valence-electron chi connectivity index (χ0n) is 10.9. The predicted octanol–water partition coefficient (Wildman–Crippen LogP) is 4.43. The minimum Gasteiger partial charge on any atom is -0.329 e. The number of benzene rings is 1. The Bertz CT molecular complexity index is 590. The Hall–Kier alpha value is -0.460. The molecule has 108 valence electrons. The third-order valence-corrected chi connectivity index (χ3v) is 5.11. The molecule has 1 unspecified atom stereocenters. The summed E-state index contributed by atoms with van der Waals surface area (Å²) in [4.78, 5) is 3.35. The Morgan fingerprint density at radius 3 is 2.75 bits per heavy atom. The molecule has 20 heavy (non-hydrogen) atoms. The molecule has 0 bridgehead atoms. The first-order valence-electron chi connectivity index (χ1n) is 6.09. The Labute approximate surface area is 135 Å². The van der Waals surface area contributed by atoms with Gasteiger partial charge in [0.2, 0.25) is 0 Å². The second-order valence-electron chi connectivity index (χ2n) is 4.56. The van der Waals surface area contributed by atoms with Crippen molar-refractivity contribution in [3.63, 3.8) is 0 Å². The number of halogens is 3. The van der Waals surface area contributed by atoms with Crippen LogP contribution in [0.4, 0.5) is 4.39 Å². The van der Waals surface area contributed by atoms with E-state index in [9.17, 15) is 4.39 Å². The van der Waals surface area contributed by atoms with Crippen LogP contribution in [0.5, 0.6) is 0 Å². The molecule has 2 aromatic rings. The summed E-state index contributed by atoms with van der Waals surface area (Å²) in [7, 11) is 1.99. The van der Waals surface area contributed by atoms with Crippen LogP contribution in [-0.4, -0.2) is 18.5 Å². The number of hydrogen-bond donors (Lipinski definition) is 1. The molecule has 0 aliphatic rings. The lowest BCUT2D eigenvalue weighted by Gasteiger charge is -2.27. The van der Waals surface area contributed by atoms with E-state index >= 15 is 0 Å². The Morgan fingerprint density at radius 1 is 1.45 bits per heavy atom. The molecule has 0 aliphatic heterocycles. The maximum atomic E-state index is 13.1. The third kappa shape index (κ3) is 3.80. The fourth-order valence-corrected chi connectivity index (χ4v) is 3.92. The van der Waals surface area contributed by atoms with Gasteiger partial charge in [0.05, 0.1) is 0 Å². The average molecular weight is 378 g/mol. The van der Waals surface area contributed by atoms with E-state index in [0.717, 1.165) is 16.6 Å². The van der Waals surface area contributed by atoms with Crippen LogP contribution in [0.25, 0.3) is 0 Å². The van der Waals surface area contributed by atoms with Crippen molar-refractivity contribution in [3.05, 3.63) is 55.4 Å². The Balaban J connectivity index is 2.18. The smallest absolute Gasteiger partial charge is 0.124 e. The SMILES string of the molecule is CN(Cc1cc(Br)cs1)C(CN)c1ccc(F)cc1Cl. The van der Waals surface area contributed by atoms with Crippen LogP contribution >= 0.6 is 38.9 Å². The number of likely N-dealkylation sites (N-methyl/N-ethyl adjacent to an activating group) is 1. The molecule has 1 aromatic carbocycles. The van der Waals surface area contributed by atoms with E-state index in [1.807, 2.05) is 12.4 Å². The number of hydrogen-bond acceptors (Lipinski definition) is 3. The van der Waals surface area contributed by atoms with Gasteiger partial charge >= 0.3 is 0 Å². The van der Waals surface area contributed by atoms with E-state index in [1.165, 1.54) is 17.0 Å². The summed E-state index contributed by atoms with van der Waals surface area (Å²) in [5.41, 5.74) is 6.73. The van der Waals surface area contributed by atoms with E-state index in [-0.39, 0.29) is 11.9 Å². The molecule has 1 atom stereocenters. The van der Waals surface area contributed by atoms with Gasteiger partial charge in [0.1, 0.15) is 5.82 Å². The molecule has 0 saturated carbocycles. The standard InChI is InChI=1S/C14H15BrClFN2S/c1-19(7-11-4-9(15)8-20-11)14(6-18)12-3-2-10(17)5-13(12)16/h2-5,8,14H,6-7,18H2,1H3. The molecule has 0 amide bonds. The van der Waals surface area contributed by atoms with Gasteiger partial charge < -0.3 is 5.73 Å². The summed E-state index contributed by atoms with van der Waals surface area (Å²) in [6, 6.07) is 6.50. The van der Waals surface area contributed by atoms with Gasteiger partial charge in [-0.2, -0.15) is 0 Å². The van der Waals surface area contributed by atoms with Gasteiger partial charge in [0, 0.05) is 38.9 Å². The quantitative estimate of drug-likeness (QED) is 0.835. The Morgan fingerprint density at radius 2 is 2.20 bits per heavy atom. The number of rotatable bonds is 5. The average Bonchev–Trinajstić information content (AvgIpc) is 2.78. The van der Waals surface area contributed by atoms with Crippen LogP contribution < -0.4 is 5.73 Å². The van der Waals surface area contributed by atoms with E-state index in [0.29, 0.717) is 11.6 Å². The molecule has 0 saturated heterocycles. The largest absolute Gasteiger partial charge is 0.329 e. The van der Waals surface area contributed by atoms with Crippen molar-refractivity contribution >= 4 is 38.9 Å². The lowest BCUT2D eigenvalue weighted by atomic mass is 10.1. The van der Waals surface area contributed by atoms with E-state index in [4.69, 9.17) is 17.3 Å². The zero-order valence-corrected chi connectivity index (χ0v) is 14.1. The van der Waals surface area contributed by atoms with Crippen molar-refractivity contribution in [3.8, 4) is 0 Å². The van der Waals surface area contributed by atoms with Gasteiger partial charge in [-0.15, -0.1) is 11.3 Å². The molecule has 0 fully saturated rings. The number of nitrogens with zero attached hydrogens (tertiary/aromatic N) is 1. The molecule has 1 heterocycles. The van der Waals surface area contributed by atoms with E-state index in [1.54, 1.807) is 17.4 Å². The van der Waals surface area contributed by atoms with Gasteiger partial charge in [-0.3, -0.25) is 4.90 Å². The summed E-state index contributed by atoms with van der Waals surface area (Å²) >= 11 is 11.3. The highest BCUT2D eigenvalue weighted by atomic mass is 79.9. The van der Waals surface area contributed by atoms with Crippen LogP contribution in [0, 0.1) is 5.82 Å². The maximum absolute atomic E-state index is 13.1. The highest BCUT2D eigenvalue weighted by molar-refractivity contribution is 9.10. The number of thiophene rings is 1. The molecule has 6 heteroatoms. The zero-order chi connectivity index (χ0) is 14.7. The molecule has 2 N–H and O–H groups in total. The lowest BCUT2D eigenvalue weighted by Crippen LogP contribution is -2.30. The number of nitrogens with two attached hydrogens (primary N) is 1. The fourth-order valence-electron chi connectivity index (χ4n) is 2.11. The van der Waals surface area contributed by atoms with Crippen molar-refractivity contribution in [1.29, 1.82) is 0 Å². The molecule has 0 spiro atoms. The van der Waals surface area contributed by atoms with Crippen molar-refractivity contribution in [2.45, 2.75) is 12.6 Å². The van der Waals surface area contributed by atoms with Gasteiger partial charge in [-0.05, 0) is 46.7 Å². The van der Waals surface area contributed by atoms with Gasteiger partial charge in [0.15, 0.2) is 0 Å². The van der Waals surface area contributed by atoms with Crippen molar-refractivity contribution < 1.29 is 4.39 Å². The van der Waals surface area contributed by atoms with Crippen molar-refractivity contribution in [1.82, 2.24) is 4.90 Å². The summed E-state index contributed by atoms with van der Waals surface area (Å²) in [5, 5.41) is 2.46. The molecule has 0 aliphatic carbocycles. The molecular formula is C14H15BrClFN2S. The first-order valence-corrected chi connectivity index (χ1v) is 8.14. The fraction of sp³-hybridized carbons (Fsp3) is 0.286. The molecular weight excluding hydrogens is 363 g/mol. The third-order valence-electron chi connectivity index (χ3n) is 3.10. The lowest BCUT2D eigenvalue weighted by molar-refractivity contribution is 0.244. The van der Waals surface area contributed by atoms with Crippen LogP contribution in [0.15, 0.2) is 34.1 Å². The first-order chi connectivity index (χ1) is 9.51. The highest BCUT2D eigenvalue weighted by Gasteiger charge is 2.19. The van der Waals surface area contributed by atoms with Crippen LogP contribution in [0.3, 0.4) is 0 Å². The van der Waals surface area contributed by atoms with E-state index in [2.05, 4.69) is 26.9 Å². The van der Waals surface area contributed by atoms with Gasteiger partial charge in [-0.1, -0.05) is 17.7 Å². The van der Waals surface area contributed by atoms with Gasteiger partial charge in [-0.25, -0.2) is 4.39 Å². The first kappa shape index (κ1) is 15.9. The van der Waals surface area contributed by atoms with Crippen LogP contribution in [-0.2, 0) is 6.54 Å². The molecule has 2 nitrogen and oxygen atoms in total. The van der Waals surface area contributed by atoms with Crippen LogP contribution in [0.2, 0.25) is 5.02 Å². The van der Waals surface area contributed by atoms with E-state index < -0.39 is 0 Å². The second kappa shape index (κ2) is 7.00. The topological polar surface area (TPSA) is 29.3 Å². The minimum atomic E-state index is -0.334. The summed E-state index contributed by atoms with van der Waals surface area (Å²) < 4.78 is 14.2. The summed E-state index contributed by atoms with van der Waals surface area (Å²) in [6.45, 7) is 1.19. The molecule has 2 rings (SSSR count).